The van der Waals surface area contributed by atoms with Gasteiger partial charge in [-0.05, 0) is 24.1 Å². The lowest BCUT2D eigenvalue weighted by Gasteiger charge is -2.39. The summed E-state index contributed by atoms with van der Waals surface area (Å²) in [5, 5.41) is 10.7. The number of esters is 1. The molecule has 0 amide bonds. The molecule has 0 aromatic heterocycles. The highest BCUT2D eigenvalue weighted by atomic mass is 16.7. The third-order valence-corrected chi connectivity index (χ3v) is 4.83. The lowest BCUT2D eigenvalue weighted by atomic mass is 9.77. The van der Waals surface area contributed by atoms with Crippen LogP contribution in [0.3, 0.4) is 0 Å². The van der Waals surface area contributed by atoms with Gasteiger partial charge in [-0.1, -0.05) is 6.07 Å². The topological polar surface area (TPSA) is 91.3 Å². The maximum absolute atomic E-state index is 12.5. The molecule has 1 aromatic carbocycles. The summed E-state index contributed by atoms with van der Waals surface area (Å²) in [6, 6.07) is 5.36. The fraction of sp³-hybridized carbons (Fsp3) is 0.444. The molecule has 4 rings (SSSR count). The number of aliphatic hydroxyl groups is 1. The summed E-state index contributed by atoms with van der Waals surface area (Å²) in [5.74, 6) is -1.89. The van der Waals surface area contributed by atoms with Crippen LogP contribution in [0.25, 0.3) is 0 Å². The minimum atomic E-state index is -2.10. The van der Waals surface area contributed by atoms with Gasteiger partial charge >= 0.3 is 11.8 Å². The summed E-state index contributed by atoms with van der Waals surface area (Å²) in [6.07, 6.45) is 1.47. The first kappa shape index (κ1) is 16.0. The first-order valence-electron chi connectivity index (χ1n) is 8.17. The average molecular weight is 346 g/mol. The Bertz CT molecular complexity index is 782. The zero-order valence-corrected chi connectivity index (χ0v) is 13.7. The van der Waals surface area contributed by atoms with Crippen LogP contribution in [-0.4, -0.2) is 36.5 Å². The van der Waals surface area contributed by atoms with Crippen molar-refractivity contribution in [3.63, 3.8) is 0 Å². The molecule has 2 aliphatic heterocycles. The van der Waals surface area contributed by atoms with E-state index in [1.807, 2.05) is 6.07 Å². The van der Waals surface area contributed by atoms with E-state index in [1.165, 1.54) is 7.11 Å². The Morgan fingerprint density at radius 2 is 2.08 bits per heavy atom. The molecule has 1 N–H and O–H groups in total. The van der Waals surface area contributed by atoms with Crippen molar-refractivity contribution < 1.29 is 33.6 Å². The number of fused-ring (bicyclic) bond motifs is 1. The summed E-state index contributed by atoms with van der Waals surface area (Å²) in [4.78, 5) is 24.6. The molecule has 0 radical (unpaired) electrons. The average Bonchev–Trinajstić information content (AvgIpc) is 3.08. The molecule has 3 aliphatic rings. The van der Waals surface area contributed by atoms with Crippen LogP contribution >= 0.6 is 0 Å². The molecule has 1 aromatic rings. The highest BCUT2D eigenvalue weighted by Crippen LogP contribution is 2.47. The number of allylic oxidation sites excluding steroid dienone is 2. The molecule has 2 heterocycles. The predicted octanol–water partition coefficient (Wildman–Crippen LogP) is 1.79. The normalized spacial score (nSPS) is 27.6. The first-order chi connectivity index (χ1) is 12.0. The van der Waals surface area contributed by atoms with Crippen molar-refractivity contribution in [2.75, 3.05) is 13.9 Å². The van der Waals surface area contributed by atoms with Crippen LogP contribution in [0.5, 0.6) is 11.5 Å². The molecular weight excluding hydrogens is 328 g/mol. The number of carbonyl (C=O) groups excluding carboxylic acids is 2. The second-order valence-corrected chi connectivity index (χ2v) is 6.36. The summed E-state index contributed by atoms with van der Waals surface area (Å²) in [5.41, 5.74) is 1.29. The molecule has 1 aliphatic carbocycles. The predicted molar refractivity (Wildman–Crippen MR) is 83.9 cm³/mol. The maximum atomic E-state index is 12.5. The van der Waals surface area contributed by atoms with Gasteiger partial charge in [0.15, 0.2) is 17.3 Å². The number of hydrogen-bond acceptors (Lipinski definition) is 7. The summed E-state index contributed by atoms with van der Waals surface area (Å²) in [7, 11) is 1.19. The quantitative estimate of drug-likeness (QED) is 0.816. The van der Waals surface area contributed by atoms with Gasteiger partial charge in [-0.3, -0.25) is 4.79 Å². The fourth-order valence-electron chi connectivity index (χ4n) is 3.65. The van der Waals surface area contributed by atoms with Crippen molar-refractivity contribution >= 4 is 11.8 Å². The van der Waals surface area contributed by atoms with Gasteiger partial charge < -0.3 is 24.1 Å². The minimum absolute atomic E-state index is 0.0177. The van der Waals surface area contributed by atoms with Crippen LogP contribution in [-0.2, 0) is 19.1 Å². The van der Waals surface area contributed by atoms with E-state index in [4.69, 9.17) is 18.9 Å². The molecule has 1 unspecified atom stereocenters. The second kappa shape index (κ2) is 5.77. The van der Waals surface area contributed by atoms with E-state index in [1.54, 1.807) is 12.1 Å². The van der Waals surface area contributed by atoms with Gasteiger partial charge in [0.2, 0.25) is 6.79 Å². The van der Waals surface area contributed by atoms with Gasteiger partial charge in [0.05, 0.1) is 7.11 Å². The first-order valence-corrected chi connectivity index (χ1v) is 8.17. The smallest absolute Gasteiger partial charge is 0.379 e. The van der Waals surface area contributed by atoms with Gasteiger partial charge in [-0.25, -0.2) is 4.79 Å². The van der Waals surface area contributed by atoms with Gasteiger partial charge in [0, 0.05) is 30.8 Å². The van der Waals surface area contributed by atoms with E-state index >= 15 is 0 Å². The number of ether oxygens (including phenoxy) is 4. The number of benzene rings is 1. The largest absolute Gasteiger partial charge is 0.464 e. The van der Waals surface area contributed by atoms with Crippen molar-refractivity contribution in [3.05, 3.63) is 35.1 Å². The van der Waals surface area contributed by atoms with Crippen molar-refractivity contribution in [1.29, 1.82) is 0 Å². The standard InChI is InChI=1S/C18H18O7/c1-22-17(20)18(21)8-11(16-12(19)3-2-4-14(16)25-18)10-5-6-13-15(7-10)24-9-23-13/h5-7,11,21H,2-4,8-9H2,1H3/t11-,18?/m0/s1. The Hall–Kier alpha value is -2.54. The van der Waals surface area contributed by atoms with Crippen LogP contribution in [0.15, 0.2) is 29.5 Å². The number of methoxy groups -OCH3 is 1. The fourth-order valence-corrected chi connectivity index (χ4v) is 3.65. The maximum Gasteiger partial charge on any atom is 0.379 e. The van der Waals surface area contributed by atoms with E-state index < -0.39 is 17.7 Å². The van der Waals surface area contributed by atoms with E-state index in [2.05, 4.69) is 0 Å². The second-order valence-electron chi connectivity index (χ2n) is 6.36. The molecule has 7 heteroatoms. The van der Waals surface area contributed by atoms with Crippen LogP contribution < -0.4 is 9.47 Å². The van der Waals surface area contributed by atoms with Gasteiger partial charge in [-0.2, -0.15) is 0 Å². The summed E-state index contributed by atoms with van der Waals surface area (Å²) >= 11 is 0. The van der Waals surface area contributed by atoms with Crippen LogP contribution in [0.2, 0.25) is 0 Å². The molecule has 0 fully saturated rings. The SMILES string of the molecule is COC(=O)C1(O)C[C@@H](c2ccc3c(c2)OCO3)C2=C(CCCC2=O)O1. The third kappa shape index (κ3) is 2.55. The molecule has 0 saturated heterocycles. The minimum Gasteiger partial charge on any atom is -0.464 e. The Morgan fingerprint density at radius 3 is 2.88 bits per heavy atom. The van der Waals surface area contributed by atoms with Crippen molar-refractivity contribution in [2.45, 2.75) is 37.4 Å². The van der Waals surface area contributed by atoms with Gasteiger partial charge in [0.1, 0.15) is 5.76 Å². The monoisotopic (exact) mass is 346 g/mol. The molecular formula is C18H18O7. The van der Waals surface area contributed by atoms with Crippen LogP contribution in [0.4, 0.5) is 0 Å². The van der Waals surface area contributed by atoms with Crippen LogP contribution in [0, 0.1) is 0 Å². The van der Waals surface area contributed by atoms with E-state index in [9.17, 15) is 14.7 Å². The molecule has 0 saturated carbocycles. The third-order valence-electron chi connectivity index (χ3n) is 4.83. The molecule has 7 nitrogen and oxygen atoms in total. The van der Waals surface area contributed by atoms with Crippen LogP contribution in [0.1, 0.15) is 37.2 Å². The van der Waals surface area contributed by atoms with Crippen molar-refractivity contribution in [2.24, 2.45) is 0 Å². The number of hydrogen-bond donors (Lipinski definition) is 1. The molecule has 0 spiro atoms. The van der Waals surface area contributed by atoms with Gasteiger partial charge in [0.25, 0.3) is 0 Å². The molecule has 0 bridgehead atoms. The number of rotatable bonds is 2. The summed E-state index contributed by atoms with van der Waals surface area (Å²) in [6.45, 7) is 0.144. The van der Waals surface area contributed by atoms with Crippen molar-refractivity contribution in [3.8, 4) is 11.5 Å². The van der Waals surface area contributed by atoms with Crippen molar-refractivity contribution in [1.82, 2.24) is 0 Å². The Labute approximate surface area is 144 Å². The molecule has 25 heavy (non-hydrogen) atoms. The Balaban J connectivity index is 1.80. The number of Topliss-reactive ketones (excluding diaryl/α,β-unsaturated/α-hetero) is 1. The zero-order valence-electron chi connectivity index (χ0n) is 13.7. The van der Waals surface area contributed by atoms with E-state index in [-0.39, 0.29) is 19.0 Å². The van der Waals surface area contributed by atoms with E-state index in [0.717, 1.165) is 5.56 Å². The van der Waals surface area contributed by atoms with Gasteiger partial charge in [-0.15, -0.1) is 0 Å². The number of ketones is 1. The summed E-state index contributed by atoms with van der Waals surface area (Å²) < 4.78 is 20.9. The highest BCUT2D eigenvalue weighted by molar-refractivity contribution is 5.98. The highest BCUT2D eigenvalue weighted by Gasteiger charge is 2.50. The van der Waals surface area contributed by atoms with E-state index in [0.29, 0.717) is 42.1 Å². The lowest BCUT2D eigenvalue weighted by Crippen LogP contribution is -2.47. The zero-order chi connectivity index (χ0) is 17.6. The molecule has 132 valence electrons. The number of carbonyl (C=O) groups is 2. The Morgan fingerprint density at radius 1 is 1.28 bits per heavy atom. The lowest BCUT2D eigenvalue weighted by molar-refractivity contribution is -0.222. The molecule has 2 atom stereocenters. The Kier molecular flexibility index (Phi) is 3.68.